The molecule has 0 rings (SSSR count). The van der Waals surface area contributed by atoms with E-state index in [1.165, 1.54) is 12.1 Å². The number of hydrogen-bond donors (Lipinski definition) is 2. The summed E-state index contributed by atoms with van der Waals surface area (Å²) in [6.45, 7) is 16.2. The Labute approximate surface area is 124 Å². The number of nitrogens with one attached hydrogen (secondary N) is 1. The number of aliphatic hydroxyl groups excluding tert-OH is 1. The van der Waals surface area contributed by atoms with E-state index in [1.807, 2.05) is 0 Å². The minimum atomic E-state index is -1.23. The monoisotopic (exact) mass is 301 g/mol. The second-order valence-corrected chi connectivity index (χ2v) is 12.7. The lowest BCUT2D eigenvalue weighted by molar-refractivity contribution is -0.117. The first-order chi connectivity index (χ1) is 9.10. The summed E-state index contributed by atoms with van der Waals surface area (Å²) in [5, 5.41) is 12.6. The molecular weight excluding hydrogens is 270 g/mol. The summed E-state index contributed by atoms with van der Waals surface area (Å²) in [5.74, 6) is -0.276. The zero-order valence-corrected chi connectivity index (χ0v) is 14.7. The van der Waals surface area contributed by atoms with Crippen LogP contribution in [-0.4, -0.2) is 45.0 Å². The molecule has 0 spiro atoms. The van der Waals surface area contributed by atoms with E-state index in [-0.39, 0.29) is 19.1 Å². The van der Waals surface area contributed by atoms with Crippen molar-refractivity contribution >= 4 is 14.0 Å². The van der Waals surface area contributed by atoms with Gasteiger partial charge in [0.15, 0.2) is 0 Å². The van der Waals surface area contributed by atoms with Gasteiger partial charge in [-0.2, -0.15) is 0 Å². The van der Waals surface area contributed by atoms with Crippen LogP contribution in [0.25, 0.3) is 0 Å². The van der Waals surface area contributed by atoms with E-state index in [0.717, 1.165) is 6.42 Å². The Hall–Kier alpha value is -0.653. The minimum absolute atomic E-state index is 0.201. The van der Waals surface area contributed by atoms with Gasteiger partial charge in [0.1, 0.15) is 0 Å². The molecule has 0 aliphatic rings. The fourth-order valence-corrected chi connectivity index (χ4v) is 3.34. The average molecular weight is 302 g/mol. The van der Waals surface area contributed by atoms with Gasteiger partial charge in [-0.15, -0.1) is 0 Å². The van der Waals surface area contributed by atoms with Crippen LogP contribution in [-0.2, 0) is 9.53 Å². The first-order valence-electron chi connectivity index (χ1n) is 7.26. The van der Waals surface area contributed by atoms with Crippen LogP contribution < -0.4 is 5.32 Å². The van der Waals surface area contributed by atoms with Crippen molar-refractivity contribution in [2.45, 2.75) is 57.5 Å². The number of amides is 1. The van der Waals surface area contributed by atoms with Crippen molar-refractivity contribution in [3.05, 3.63) is 12.7 Å². The van der Waals surface area contributed by atoms with Crippen LogP contribution in [0.5, 0.6) is 0 Å². The summed E-state index contributed by atoms with van der Waals surface area (Å²) in [7, 11) is -1.23. The molecule has 0 saturated heterocycles. The van der Waals surface area contributed by atoms with Gasteiger partial charge in [0.2, 0.25) is 5.91 Å². The van der Waals surface area contributed by atoms with Gasteiger partial charge in [-0.3, -0.25) is 4.79 Å². The van der Waals surface area contributed by atoms with Crippen LogP contribution in [0.4, 0.5) is 0 Å². The van der Waals surface area contributed by atoms with Gasteiger partial charge in [0.25, 0.3) is 0 Å². The average Bonchev–Trinajstić information content (AvgIpc) is 2.33. The van der Waals surface area contributed by atoms with Crippen LogP contribution in [0.2, 0.25) is 24.2 Å². The summed E-state index contributed by atoms with van der Waals surface area (Å²) in [6.07, 6.45) is 1.56. The Bertz CT molecular complexity index is 311. The summed E-state index contributed by atoms with van der Waals surface area (Å²) in [5.41, 5.74) is 0. The number of ether oxygens (including phenoxy) is 1. The van der Waals surface area contributed by atoms with Crippen molar-refractivity contribution in [1.29, 1.82) is 0 Å². The zero-order valence-electron chi connectivity index (χ0n) is 13.7. The quantitative estimate of drug-likeness (QED) is 0.391. The number of carbonyl (C=O) groups excluding carboxylic acids is 1. The maximum Gasteiger partial charge on any atom is 0.243 e. The lowest BCUT2D eigenvalue weighted by atomic mass is 10.2. The summed E-state index contributed by atoms with van der Waals surface area (Å²) in [4.78, 5) is 10.9. The van der Waals surface area contributed by atoms with Gasteiger partial charge < -0.3 is 15.2 Å². The molecule has 4 nitrogen and oxygen atoms in total. The maximum absolute atomic E-state index is 10.9. The lowest BCUT2D eigenvalue weighted by Crippen LogP contribution is -2.37. The third-order valence-electron chi connectivity index (χ3n) is 4.13. The molecule has 1 atom stereocenters. The molecule has 0 aromatic carbocycles. The molecule has 1 unspecified atom stereocenters. The minimum Gasteiger partial charge on any atom is -0.389 e. The molecule has 0 aliphatic carbocycles. The van der Waals surface area contributed by atoms with Crippen molar-refractivity contribution < 1.29 is 14.6 Å². The van der Waals surface area contributed by atoms with E-state index >= 15 is 0 Å². The van der Waals surface area contributed by atoms with Gasteiger partial charge >= 0.3 is 0 Å². The first-order valence-corrected chi connectivity index (χ1v) is 10.5. The molecule has 2 N–H and O–H groups in total. The molecule has 0 bridgehead atoms. The molecule has 0 heterocycles. The van der Waals surface area contributed by atoms with Crippen molar-refractivity contribution in [2.24, 2.45) is 0 Å². The number of aliphatic hydroxyl groups is 1. The molecule has 1 amide bonds. The van der Waals surface area contributed by atoms with Crippen molar-refractivity contribution in [3.63, 3.8) is 0 Å². The Morgan fingerprint density at radius 1 is 1.45 bits per heavy atom. The second-order valence-electron chi connectivity index (χ2n) is 6.92. The Morgan fingerprint density at radius 2 is 2.05 bits per heavy atom. The standard InChI is InChI=1S/C15H31NO3Si/c1-7-14(18)16-11-13(17)12-19-9-8-10-20(5,6)15(2,3)4/h7,13,17H,1,8-12H2,2-6H3,(H,16,18). The predicted molar refractivity (Wildman–Crippen MR) is 86.7 cm³/mol. The Kier molecular flexibility index (Phi) is 8.31. The van der Waals surface area contributed by atoms with Crippen LogP contribution in [0.3, 0.4) is 0 Å². The molecule has 0 aliphatic heterocycles. The summed E-state index contributed by atoms with van der Waals surface area (Å²) < 4.78 is 5.46. The number of hydrogen-bond acceptors (Lipinski definition) is 3. The van der Waals surface area contributed by atoms with Crippen LogP contribution in [0.1, 0.15) is 27.2 Å². The summed E-state index contributed by atoms with van der Waals surface area (Å²) >= 11 is 0. The molecule has 5 heteroatoms. The normalized spacial score (nSPS) is 13.9. The zero-order chi connectivity index (χ0) is 15.8. The van der Waals surface area contributed by atoms with Gasteiger partial charge in [-0.05, 0) is 17.5 Å². The Morgan fingerprint density at radius 3 is 2.55 bits per heavy atom. The van der Waals surface area contributed by atoms with Crippen molar-refractivity contribution in [2.75, 3.05) is 19.8 Å². The first kappa shape index (κ1) is 19.3. The van der Waals surface area contributed by atoms with E-state index in [2.05, 4.69) is 45.8 Å². The molecule has 20 heavy (non-hydrogen) atoms. The molecule has 0 radical (unpaired) electrons. The highest BCUT2D eigenvalue weighted by Crippen LogP contribution is 2.39. The third-order valence-corrected chi connectivity index (χ3v) is 9.79. The third kappa shape index (κ3) is 7.82. The Balaban J connectivity index is 3.72. The fraction of sp³-hybridized carbons (Fsp3) is 0.800. The number of carbonyl (C=O) groups is 1. The SMILES string of the molecule is C=CC(=O)NCC(O)COCCC[Si](C)(C)C(C)(C)C. The van der Waals surface area contributed by atoms with Gasteiger partial charge in [-0.1, -0.05) is 46.5 Å². The molecule has 0 aromatic heterocycles. The highest BCUT2D eigenvalue weighted by atomic mass is 28.3. The van der Waals surface area contributed by atoms with Gasteiger partial charge in [-0.25, -0.2) is 0 Å². The van der Waals surface area contributed by atoms with Crippen LogP contribution >= 0.6 is 0 Å². The van der Waals surface area contributed by atoms with Crippen molar-refractivity contribution in [1.82, 2.24) is 5.32 Å². The largest absolute Gasteiger partial charge is 0.389 e. The van der Waals surface area contributed by atoms with E-state index in [4.69, 9.17) is 4.74 Å². The van der Waals surface area contributed by atoms with Gasteiger partial charge in [0, 0.05) is 13.2 Å². The fourth-order valence-electron chi connectivity index (χ4n) is 1.56. The van der Waals surface area contributed by atoms with Crippen molar-refractivity contribution in [3.8, 4) is 0 Å². The molecule has 118 valence electrons. The molecular formula is C15H31NO3Si. The highest BCUT2D eigenvalue weighted by Gasteiger charge is 2.33. The maximum atomic E-state index is 10.9. The topological polar surface area (TPSA) is 58.6 Å². The highest BCUT2D eigenvalue weighted by molar-refractivity contribution is 6.80. The smallest absolute Gasteiger partial charge is 0.243 e. The number of rotatable bonds is 9. The predicted octanol–water partition coefficient (Wildman–Crippen LogP) is 2.56. The summed E-state index contributed by atoms with van der Waals surface area (Å²) in [6, 6.07) is 1.22. The molecule has 0 fully saturated rings. The lowest BCUT2D eigenvalue weighted by Gasteiger charge is -2.37. The molecule has 0 aromatic rings. The second kappa shape index (κ2) is 8.59. The van der Waals surface area contributed by atoms with Gasteiger partial charge in [0.05, 0.1) is 20.8 Å². The van der Waals surface area contributed by atoms with E-state index in [9.17, 15) is 9.90 Å². The van der Waals surface area contributed by atoms with Crippen LogP contribution in [0.15, 0.2) is 12.7 Å². The molecule has 0 saturated carbocycles. The van der Waals surface area contributed by atoms with E-state index in [1.54, 1.807) is 0 Å². The van der Waals surface area contributed by atoms with E-state index in [0.29, 0.717) is 11.6 Å². The van der Waals surface area contributed by atoms with E-state index < -0.39 is 14.2 Å². The van der Waals surface area contributed by atoms with Crippen LogP contribution in [0, 0.1) is 0 Å².